The van der Waals surface area contributed by atoms with E-state index >= 15 is 0 Å². The van der Waals surface area contributed by atoms with Crippen LogP contribution in [-0.2, 0) is 4.79 Å². The van der Waals surface area contributed by atoms with Crippen LogP contribution in [0, 0.1) is 13.8 Å². The molecule has 0 bridgehead atoms. The summed E-state index contributed by atoms with van der Waals surface area (Å²) in [5.41, 5.74) is 2.09. The van der Waals surface area contributed by atoms with Gasteiger partial charge in [-0.3, -0.25) is 4.79 Å². The molecule has 1 aromatic carbocycles. The summed E-state index contributed by atoms with van der Waals surface area (Å²) in [6, 6.07) is 8.17. The van der Waals surface area contributed by atoms with Crippen molar-refractivity contribution in [1.82, 2.24) is 24.5 Å². The van der Waals surface area contributed by atoms with E-state index in [1.165, 1.54) is 11.9 Å². The van der Waals surface area contributed by atoms with Crippen LogP contribution in [0.25, 0.3) is 5.78 Å². The summed E-state index contributed by atoms with van der Waals surface area (Å²) in [6.45, 7) is 6.97. The maximum atomic E-state index is 12.7. The zero-order valence-corrected chi connectivity index (χ0v) is 18.2. The third-order valence-corrected chi connectivity index (χ3v) is 6.46. The van der Waals surface area contributed by atoms with Gasteiger partial charge in [0, 0.05) is 47.3 Å². The van der Waals surface area contributed by atoms with Gasteiger partial charge in [0.25, 0.3) is 5.78 Å². The lowest BCUT2D eigenvalue weighted by molar-refractivity contribution is -0.128. The molecular formula is C19H21BrN6OS. The molecule has 0 spiro atoms. The van der Waals surface area contributed by atoms with E-state index in [1.807, 2.05) is 24.0 Å². The lowest BCUT2D eigenvalue weighted by atomic mass is 10.2. The molecule has 1 aliphatic heterocycles. The maximum Gasteiger partial charge on any atom is 0.254 e. The first-order chi connectivity index (χ1) is 13.5. The summed E-state index contributed by atoms with van der Waals surface area (Å²) in [4.78, 5) is 26.6. The summed E-state index contributed by atoms with van der Waals surface area (Å²) >= 11 is 5.08. The molecule has 2 aromatic heterocycles. The summed E-state index contributed by atoms with van der Waals surface area (Å²) < 4.78 is 2.82. The van der Waals surface area contributed by atoms with Crippen molar-refractivity contribution in [2.45, 2.75) is 18.7 Å². The number of nitrogens with zero attached hydrogens (tertiary/aromatic N) is 6. The van der Waals surface area contributed by atoms with Crippen LogP contribution in [0.1, 0.15) is 11.3 Å². The van der Waals surface area contributed by atoms with E-state index in [0.29, 0.717) is 24.6 Å². The van der Waals surface area contributed by atoms with Gasteiger partial charge in [0.2, 0.25) is 5.91 Å². The zero-order valence-electron chi connectivity index (χ0n) is 15.8. The van der Waals surface area contributed by atoms with Gasteiger partial charge in [0.15, 0.2) is 0 Å². The molecule has 4 rings (SSSR count). The van der Waals surface area contributed by atoms with Crippen LogP contribution in [-0.4, -0.2) is 62.3 Å². The number of anilines is 1. The van der Waals surface area contributed by atoms with Crippen molar-refractivity contribution in [2.24, 2.45) is 0 Å². The number of halogens is 1. The second-order valence-electron chi connectivity index (χ2n) is 6.79. The number of rotatable bonds is 4. The van der Waals surface area contributed by atoms with Crippen LogP contribution >= 0.6 is 27.7 Å². The number of benzene rings is 1. The van der Waals surface area contributed by atoms with Gasteiger partial charge in [0.05, 0.1) is 5.75 Å². The van der Waals surface area contributed by atoms with E-state index in [4.69, 9.17) is 0 Å². The summed E-state index contributed by atoms with van der Waals surface area (Å²) in [6.07, 6.45) is 1.52. The Morgan fingerprint density at radius 1 is 1.18 bits per heavy atom. The first-order valence-corrected chi connectivity index (χ1v) is 10.9. The molecule has 3 aromatic rings. The van der Waals surface area contributed by atoms with Gasteiger partial charge >= 0.3 is 0 Å². The van der Waals surface area contributed by atoms with Crippen molar-refractivity contribution in [3.8, 4) is 0 Å². The first kappa shape index (κ1) is 19.2. The minimum atomic E-state index is 0.184. The molecule has 1 aliphatic rings. The fourth-order valence-electron chi connectivity index (χ4n) is 3.33. The molecule has 0 N–H and O–H groups in total. The van der Waals surface area contributed by atoms with E-state index in [9.17, 15) is 4.79 Å². The number of hydrogen-bond donors (Lipinski definition) is 0. The summed E-state index contributed by atoms with van der Waals surface area (Å²) in [5.74, 6) is 2.23. The number of aromatic nitrogens is 4. The lowest BCUT2D eigenvalue weighted by Crippen LogP contribution is -2.49. The molecular weight excluding hydrogens is 440 g/mol. The van der Waals surface area contributed by atoms with Gasteiger partial charge in [-0.2, -0.15) is 14.6 Å². The molecule has 1 saturated heterocycles. The normalized spacial score (nSPS) is 14.7. The van der Waals surface area contributed by atoms with Gasteiger partial charge in [0.1, 0.15) is 12.1 Å². The third kappa shape index (κ3) is 4.00. The van der Waals surface area contributed by atoms with Crippen molar-refractivity contribution in [3.05, 3.63) is 46.3 Å². The molecule has 0 aliphatic carbocycles. The van der Waals surface area contributed by atoms with Crippen molar-refractivity contribution in [2.75, 3.05) is 36.8 Å². The Balaban J connectivity index is 1.37. The van der Waals surface area contributed by atoms with E-state index in [-0.39, 0.29) is 5.91 Å². The van der Waals surface area contributed by atoms with E-state index in [2.05, 4.69) is 55.0 Å². The molecule has 1 amide bonds. The maximum absolute atomic E-state index is 12.7. The summed E-state index contributed by atoms with van der Waals surface area (Å²) in [5, 5.41) is 4.28. The molecule has 0 unspecified atom stereocenters. The molecule has 0 radical (unpaired) electrons. The van der Waals surface area contributed by atoms with Crippen LogP contribution in [0.15, 0.2) is 40.0 Å². The highest BCUT2D eigenvalue weighted by Crippen LogP contribution is 2.26. The van der Waals surface area contributed by atoms with Gasteiger partial charge in [-0.25, -0.2) is 4.98 Å². The van der Waals surface area contributed by atoms with Crippen molar-refractivity contribution in [1.29, 1.82) is 0 Å². The Kier molecular flexibility index (Phi) is 5.54. The van der Waals surface area contributed by atoms with Crippen LogP contribution in [0.3, 0.4) is 0 Å². The van der Waals surface area contributed by atoms with Crippen molar-refractivity contribution < 1.29 is 4.79 Å². The Morgan fingerprint density at radius 2 is 1.96 bits per heavy atom. The number of hydrogen-bond acceptors (Lipinski definition) is 6. The molecule has 146 valence electrons. The highest BCUT2D eigenvalue weighted by atomic mass is 79.9. The quantitative estimate of drug-likeness (QED) is 0.557. The molecule has 0 saturated carbocycles. The molecule has 0 atom stereocenters. The zero-order chi connectivity index (χ0) is 19.7. The second kappa shape index (κ2) is 8.08. The average Bonchev–Trinajstić information content (AvgIpc) is 3.15. The van der Waals surface area contributed by atoms with Crippen molar-refractivity contribution in [3.63, 3.8) is 0 Å². The topological polar surface area (TPSA) is 66.6 Å². The molecule has 9 heteroatoms. The van der Waals surface area contributed by atoms with Gasteiger partial charge in [-0.05, 0) is 37.6 Å². The van der Waals surface area contributed by atoms with Crippen LogP contribution in [0.2, 0.25) is 0 Å². The SMILES string of the molecule is Cc1cc(N2CCN(C(=O)CSc3ccc(Br)cc3C)CC2)n2ncnc2n1. The molecule has 28 heavy (non-hydrogen) atoms. The van der Waals surface area contributed by atoms with Crippen molar-refractivity contribution >= 4 is 45.2 Å². The van der Waals surface area contributed by atoms with Gasteiger partial charge in [-0.15, -0.1) is 11.8 Å². The molecule has 1 fully saturated rings. The van der Waals surface area contributed by atoms with E-state index < -0.39 is 0 Å². The second-order valence-corrected chi connectivity index (χ2v) is 8.73. The minimum Gasteiger partial charge on any atom is -0.353 e. The molecule has 3 heterocycles. The van der Waals surface area contributed by atoms with Crippen LogP contribution < -0.4 is 4.90 Å². The largest absolute Gasteiger partial charge is 0.353 e. The Morgan fingerprint density at radius 3 is 2.71 bits per heavy atom. The standard InChI is InChI=1S/C19H21BrN6OS/c1-13-9-15(20)3-4-16(13)28-11-18(27)25-7-5-24(6-8-25)17-10-14(2)23-19-21-12-22-26(17)19/h3-4,9-10,12H,5-8,11H2,1-2H3. The van der Waals surface area contributed by atoms with Gasteiger partial charge < -0.3 is 9.80 Å². The Labute approximate surface area is 176 Å². The number of carbonyl (C=O) groups excluding carboxylic acids is 1. The monoisotopic (exact) mass is 460 g/mol. The number of amides is 1. The lowest BCUT2D eigenvalue weighted by Gasteiger charge is -2.36. The van der Waals surface area contributed by atoms with E-state index in [1.54, 1.807) is 16.3 Å². The van der Waals surface area contributed by atoms with Crippen LogP contribution in [0.5, 0.6) is 0 Å². The molecule has 7 nitrogen and oxygen atoms in total. The predicted molar refractivity (Wildman–Crippen MR) is 114 cm³/mol. The number of thioether (sulfide) groups is 1. The fourth-order valence-corrected chi connectivity index (χ4v) is 4.71. The smallest absolute Gasteiger partial charge is 0.254 e. The Bertz CT molecular complexity index is 1010. The number of fused-ring (bicyclic) bond motifs is 1. The van der Waals surface area contributed by atoms with E-state index in [0.717, 1.165) is 34.0 Å². The third-order valence-electron chi connectivity index (χ3n) is 4.81. The highest BCUT2D eigenvalue weighted by molar-refractivity contribution is 9.10. The fraction of sp³-hybridized carbons (Fsp3) is 0.368. The van der Waals surface area contributed by atoms with Gasteiger partial charge in [-0.1, -0.05) is 15.9 Å². The highest BCUT2D eigenvalue weighted by Gasteiger charge is 2.23. The Hall–Kier alpha value is -2.13. The number of piperazine rings is 1. The minimum absolute atomic E-state index is 0.184. The first-order valence-electron chi connectivity index (χ1n) is 9.10. The predicted octanol–water partition coefficient (Wildman–Crippen LogP) is 2.94. The number of carbonyl (C=O) groups is 1. The van der Waals surface area contributed by atoms with Crippen LogP contribution in [0.4, 0.5) is 5.82 Å². The number of aryl methyl sites for hydroxylation is 2. The average molecular weight is 461 g/mol. The summed E-state index contributed by atoms with van der Waals surface area (Å²) in [7, 11) is 0.